The molecule has 1 fully saturated rings. The molecular formula is C13H21NS. The smallest absolute Gasteiger partial charge is 0.0116 e. The van der Waals surface area contributed by atoms with E-state index in [4.69, 9.17) is 5.73 Å². The van der Waals surface area contributed by atoms with E-state index in [-0.39, 0.29) is 0 Å². The van der Waals surface area contributed by atoms with Crippen molar-refractivity contribution in [1.29, 1.82) is 0 Å². The predicted octanol–water partition coefficient (Wildman–Crippen LogP) is 3.68. The molecule has 2 rings (SSSR count). The highest BCUT2D eigenvalue weighted by Crippen LogP contribution is 2.44. The van der Waals surface area contributed by atoms with Crippen LogP contribution >= 0.6 is 11.3 Å². The molecule has 2 unspecified atom stereocenters. The Morgan fingerprint density at radius 1 is 1.40 bits per heavy atom. The van der Waals surface area contributed by atoms with E-state index in [0.717, 1.165) is 0 Å². The summed E-state index contributed by atoms with van der Waals surface area (Å²) >= 11 is 1.92. The molecule has 84 valence electrons. The molecule has 0 bridgehead atoms. The summed E-state index contributed by atoms with van der Waals surface area (Å²) in [4.78, 5) is 2.90. The number of aryl methyl sites for hydroxylation is 1. The van der Waals surface area contributed by atoms with Crippen LogP contribution in [0.15, 0.2) is 12.1 Å². The Kier molecular flexibility index (Phi) is 2.91. The molecule has 15 heavy (non-hydrogen) atoms. The number of thiophene rings is 1. The van der Waals surface area contributed by atoms with Crippen LogP contribution in [0.1, 0.15) is 48.8 Å². The fourth-order valence-corrected chi connectivity index (χ4v) is 3.63. The second-order valence-electron chi connectivity index (χ2n) is 5.63. The summed E-state index contributed by atoms with van der Waals surface area (Å²) in [6.45, 7) is 6.91. The molecule has 1 saturated carbocycles. The minimum atomic E-state index is 0.371. The van der Waals surface area contributed by atoms with Gasteiger partial charge in [0.2, 0.25) is 0 Å². The Morgan fingerprint density at radius 3 is 2.73 bits per heavy atom. The van der Waals surface area contributed by atoms with Gasteiger partial charge in [0.05, 0.1) is 0 Å². The number of hydrogen-bond donors (Lipinski definition) is 1. The van der Waals surface area contributed by atoms with E-state index in [1.54, 1.807) is 0 Å². The summed E-state index contributed by atoms with van der Waals surface area (Å²) in [6.07, 6.45) is 3.69. The first kappa shape index (κ1) is 11.2. The Bertz CT molecular complexity index is 340. The van der Waals surface area contributed by atoms with Gasteiger partial charge in [0.15, 0.2) is 0 Å². The van der Waals surface area contributed by atoms with E-state index in [9.17, 15) is 0 Å². The van der Waals surface area contributed by atoms with Crippen LogP contribution in [0.25, 0.3) is 0 Å². The van der Waals surface area contributed by atoms with E-state index in [1.807, 2.05) is 11.3 Å². The molecule has 0 amide bonds. The lowest BCUT2D eigenvalue weighted by atomic mass is 9.70. The van der Waals surface area contributed by atoms with Crippen molar-refractivity contribution in [1.82, 2.24) is 0 Å². The van der Waals surface area contributed by atoms with Crippen molar-refractivity contribution in [3.8, 4) is 0 Å². The fraction of sp³-hybridized carbons (Fsp3) is 0.692. The Hall–Kier alpha value is -0.340. The maximum Gasteiger partial charge on any atom is 0.0116 e. The summed E-state index contributed by atoms with van der Waals surface area (Å²) in [5.41, 5.74) is 6.72. The molecule has 2 atom stereocenters. The topological polar surface area (TPSA) is 26.0 Å². The van der Waals surface area contributed by atoms with Crippen molar-refractivity contribution in [3.63, 3.8) is 0 Å². The van der Waals surface area contributed by atoms with Gasteiger partial charge in [-0.2, -0.15) is 0 Å². The Morgan fingerprint density at radius 2 is 2.13 bits per heavy atom. The monoisotopic (exact) mass is 223 g/mol. The average molecular weight is 223 g/mol. The van der Waals surface area contributed by atoms with Crippen molar-refractivity contribution >= 4 is 11.3 Å². The van der Waals surface area contributed by atoms with E-state index in [0.29, 0.717) is 17.4 Å². The zero-order valence-corrected chi connectivity index (χ0v) is 10.7. The van der Waals surface area contributed by atoms with Gasteiger partial charge in [-0.25, -0.2) is 0 Å². The average Bonchev–Trinajstić information content (AvgIpc) is 2.56. The largest absolute Gasteiger partial charge is 0.327 e. The summed E-state index contributed by atoms with van der Waals surface area (Å²) in [7, 11) is 0. The summed E-state index contributed by atoms with van der Waals surface area (Å²) < 4.78 is 0. The van der Waals surface area contributed by atoms with Crippen molar-refractivity contribution in [2.24, 2.45) is 11.1 Å². The van der Waals surface area contributed by atoms with Crippen LogP contribution in [0, 0.1) is 12.3 Å². The number of nitrogens with two attached hydrogens (primary N) is 1. The maximum atomic E-state index is 6.25. The molecule has 0 aromatic carbocycles. The molecule has 0 radical (unpaired) electrons. The third-order valence-corrected chi connectivity index (χ3v) is 4.70. The van der Waals surface area contributed by atoms with Gasteiger partial charge in [-0.15, -0.1) is 11.3 Å². The third kappa shape index (κ3) is 2.43. The molecular weight excluding hydrogens is 202 g/mol. The van der Waals surface area contributed by atoms with Crippen molar-refractivity contribution in [2.45, 2.75) is 52.0 Å². The molecule has 2 N–H and O–H groups in total. The molecule has 1 aliphatic carbocycles. The Labute approximate surface area is 96.7 Å². The van der Waals surface area contributed by atoms with Gasteiger partial charge < -0.3 is 5.73 Å². The van der Waals surface area contributed by atoms with Gasteiger partial charge >= 0.3 is 0 Å². The molecule has 1 heterocycles. The van der Waals surface area contributed by atoms with Crippen molar-refractivity contribution < 1.29 is 0 Å². The van der Waals surface area contributed by atoms with Crippen LogP contribution < -0.4 is 5.73 Å². The predicted molar refractivity (Wildman–Crippen MR) is 67.4 cm³/mol. The van der Waals surface area contributed by atoms with Crippen LogP contribution in [0.3, 0.4) is 0 Å². The lowest BCUT2D eigenvalue weighted by molar-refractivity contribution is 0.200. The molecule has 1 aromatic rings. The van der Waals surface area contributed by atoms with Gasteiger partial charge in [-0.05, 0) is 43.7 Å². The Balaban J connectivity index is 2.19. The second-order valence-corrected chi connectivity index (χ2v) is 6.95. The molecule has 2 heteroatoms. The highest BCUT2D eigenvalue weighted by Gasteiger charge is 2.34. The quantitative estimate of drug-likeness (QED) is 0.772. The molecule has 0 aliphatic heterocycles. The highest BCUT2D eigenvalue weighted by atomic mass is 32.1. The zero-order valence-electron chi connectivity index (χ0n) is 9.92. The molecule has 1 aliphatic rings. The first-order chi connectivity index (χ1) is 6.98. The highest BCUT2D eigenvalue weighted by molar-refractivity contribution is 7.12. The number of rotatable bonds is 1. The van der Waals surface area contributed by atoms with Crippen LogP contribution in [0.5, 0.6) is 0 Å². The van der Waals surface area contributed by atoms with Crippen LogP contribution in [0.2, 0.25) is 0 Å². The minimum absolute atomic E-state index is 0.371. The maximum absolute atomic E-state index is 6.25. The van der Waals surface area contributed by atoms with Crippen LogP contribution in [-0.4, -0.2) is 6.04 Å². The summed E-state index contributed by atoms with van der Waals surface area (Å²) in [5.74, 6) is 0.590. The summed E-state index contributed by atoms with van der Waals surface area (Å²) in [6, 6.07) is 4.86. The van der Waals surface area contributed by atoms with E-state index >= 15 is 0 Å². The van der Waals surface area contributed by atoms with Crippen molar-refractivity contribution in [3.05, 3.63) is 21.9 Å². The van der Waals surface area contributed by atoms with Gasteiger partial charge in [-0.1, -0.05) is 13.8 Å². The SMILES string of the molecule is Cc1ccc(C2CC(C)(C)CCC2N)s1. The standard InChI is InChI=1S/C13H21NS/c1-9-4-5-12(15-9)10-8-13(2,3)7-6-11(10)14/h4-5,10-11H,6-8,14H2,1-3H3. The van der Waals surface area contributed by atoms with Gasteiger partial charge in [0.1, 0.15) is 0 Å². The van der Waals surface area contributed by atoms with E-state index < -0.39 is 0 Å². The molecule has 0 spiro atoms. The zero-order chi connectivity index (χ0) is 11.1. The van der Waals surface area contributed by atoms with Crippen LogP contribution in [0.4, 0.5) is 0 Å². The van der Waals surface area contributed by atoms with Gasteiger partial charge in [0, 0.05) is 21.7 Å². The lowest BCUT2D eigenvalue weighted by Gasteiger charge is -2.38. The van der Waals surface area contributed by atoms with Crippen LogP contribution in [-0.2, 0) is 0 Å². The van der Waals surface area contributed by atoms with E-state index in [1.165, 1.54) is 29.0 Å². The first-order valence-electron chi connectivity index (χ1n) is 5.80. The van der Waals surface area contributed by atoms with Crippen molar-refractivity contribution in [2.75, 3.05) is 0 Å². The fourth-order valence-electron chi connectivity index (χ4n) is 2.57. The molecule has 0 saturated heterocycles. The second kappa shape index (κ2) is 3.91. The number of hydrogen-bond acceptors (Lipinski definition) is 2. The van der Waals surface area contributed by atoms with Gasteiger partial charge in [-0.3, -0.25) is 0 Å². The third-order valence-electron chi connectivity index (χ3n) is 3.57. The molecule has 1 nitrogen and oxygen atoms in total. The van der Waals surface area contributed by atoms with E-state index in [2.05, 4.69) is 32.9 Å². The minimum Gasteiger partial charge on any atom is -0.327 e. The summed E-state index contributed by atoms with van der Waals surface area (Å²) in [5, 5.41) is 0. The van der Waals surface area contributed by atoms with Gasteiger partial charge in [0.25, 0.3) is 0 Å². The lowest BCUT2D eigenvalue weighted by Crippen LogP contribution is -2.37. The molecule has 1 aromatic heterocycles. The normalized spacial score (nSPS) is 30.4. The first-order valence-corrected chi connectivity index (χ1v) is 6.61.